The maximum absolute atomic E-state index is 4.50. The number of nitrogens with zero attached hydrogens (tertiary/aromatic N) is 2. The van der Waals surface area contributed by atoms with Gasteiger partial charge in [0.2, 0.25) is 5.95 Å². The lowest BCUT2D eigenvalue weighted by Gasteiger charge is -2.09. The van der Waals surface area contributed by atoms with E-state index in [1.54, 1.807) is 6.20 Å². The zero-order valence-corrected chi connectivity index (χ0v) is 14.1. The lowest BCUT2D eigenvalue weighted by atomic mass is 10.1. The van der Waals surface area contributed by atoms with E-state index < -0.39 is 0 Å². The van der Waals surface area contributed by atoms with Gasteiger partial charge in [0.1, 0.15) is 5.82 Å². The molecule has 1 heterocycles. The van der Waals surface area contributed by atoms with Crippen LogP contribution in [0.15, 0.2) is 60.8 Å². The van der Waals surface area contributed by atoms with Crippen molar-refractivity contribution >= 4 is 11.8 Å². The highest BCUT2D eigenvalue weighted by molar-refractivity contribution is 5.41. The van der Waals surface area contributed by atoms with Crippen molar-refractivity contribution in [2.24, 2.45) is 0 Å². The highest BCUT2D eigenvalue weighted by atomic mass is 15.1. The highest BCUT2D eigenvalue weighted by Gasteiger charge is 2.00. The molecule has 3 aromatic rings. The number of benzene rings is 2. The first-order chi connectivity index (χ1) is 11.7. The van der Waals surface area contributed by atoms with Gasteiger partial charge < -0.3 is 10.6 Å². The largest absolute Gasteiger partial charge is 0.366 e. The van der Waals surface area contributed by atoms with E-state index in [0.717, 1.165) is 12.4 Å². The molecule has 3 rings (SSSR count). The van der Waals surface area contributed by atoms with Crippen LogP contribution in [0, 0.1) is 13.8 Å². The summed E-state index contributed by atoms with van der Waals surface area (Å²) in [4.78, 5) is 8.78. The zero-order chi connectivity index (χ0) is 16.8. The lowest BCUT2D eigenvalue weighted by molar-refractivity contribution is 1.03. The van der Waals surface area contributed by atoms with Crippen LogP contribution < -0.4 is 10.6 Å². The second-order valence-corrected chi connectivity index (χ2v) is 5.94. The Morgan fingerprint density at radius 2 is 1.25 bits per heavy atom. The SMILES string of the molecule is Cc1ccc(CNc2ccnc(NCc3ccc(C)cc3)n2)cc1. The third kappa shape index (κ3) is 4.56. The Hall–Kier alpha value is -2.88. The van der Waals surface area contributed by atoms with Gasteiger partial charge in [-0.2, -0.15) is 4.98 Å². The molecule has 0 aliphatic heterocycles. The zero-order valence-electron chi connectivity index (χ0n) is 14.1. The third-order valence-electron chi connectivity index (χ3n) is 3.82. The fraction of sp³-hybridized carbons (Fsp3) is 0.200. The van der Waals surface area contributed by atoms with Crippen molar-refractivity contribution in [3.63, 3.8) is 0 Å². The van der Waals surface area contributed by atoms with E-state index >= 15 is 0 Å². The Morgan fingerprint density at radius 1 is 0.708 bits per heavy atom. The number of hydrogen-bond acceptors (Lipinski definition) is 4. The normalized spacial score (nSPS) is 10.4. The average Bonchev–Trinajstić information content (AvgIpc) is 2.61. The van der Waals surface area contributed by atoms with E-state index in [9.17, 15) is 0 Å². The van der Waals surface area contributed by atoms with Gasteiger partial charge in [0.25, 0.3) is 0 Å². The van der Waals surface area contributed by atoms with Crippen molar-refractivity contribution in [2.45, 2.75) is 26.9 Å². The molecule has 0 bridgehead atoms. The summed E-state index contributed by atoms with van der Waals surface area (Å²) in [7, 11) is 0. The van der Waals surface area contributed by atoms with Crippen LogP contribution in [-0.2, 0) is 13.1 Å². The molecule has 4 heteroatoms. The maximum atomic E-state index is 4.50. The van der Waals surface area contributed by atoms with Crippen LogP contribution in [-0.4, -0.2) is 9.97 Å². The molecule has 0 aliphatic carbocycles. The molecule has 0 aliphatic rings. The Kier molecular flexibility index (Phi) is 5.06. The van der Waals surface area contributed by atoms with Crippen LogP contribution in [0.5, 0.6) is 0 Å². The van der Waals surface area contributed by atoms with E-state index in [0.29, 0.717) is 12.5 Å². The van der Waals surface area contributed by atoms with Crippen molar-refractivity contribution in [3.8, 4) is 0 Å². The third-order valence-corrected chi connectivity index (χ3v) is 3.82. The number of aryl methyl sites for hydroxylation is 2. The van der Waals surface area contributed by atoms with Crippen molar-refractivity contribution in [1.82, 2.24) is 9.97 Å². The van der Waals surface area contributed by atoms with E-state index in [1.165, 1.54) is 22.3 Å². The highest BCUT2D eigenvalue weighted by Crippen LogP contribution is 2.11. The summed E-state index contributed by atoms with van der Waals surface area (Å²) >= 11 is 0. The topological polar surface area (TPSA) is 49.8 Å². The molecule has 0 saturated heterocycles. The van der Waals surface area contributed by atoms with Gasteiger partial charge in [-0.15, -0.1) is 0 Å². The van der Waals surface area contributed by atoms with E-state index in [-0.39, 0.29) is 0 Å². The molecule has 122 valence electrons. The van der Waals surface area contributed by atoms with Crippen molar-refractivity contribution in [1.29, 1.82) is 0 Å². The van der Waals surface area contributed by atoms with Crippen LogP contribution in [0.4, 0.5) is 11.8 Å². The van der Waals surface area contributed by atoms with E-state index in [1.807, 2.05) is 6.07 Å². The van der Waals surface area contributed by atoms with Crippen molar-refractivity contribution in [3.05, 3.63) is 83.0 Å². The second-order valence-electron chi connectivity index (χ2n) is 5.94. The summed E-state index contributed by atoms with van der Waals surface area (Å²) in [6.45, 7) is 5.63. The van der Waals surface area contributed by atoms with Crippen LogP contribution in [0.3, 0.4) is 0 Å². The maximum Gasteiger partial charge on any atom is 0.224 e. The van der Waals surface area contributed by atoms with Gasteiger partial charge in [-0.3, -0.25) is 0 Å². The van der Waals surface area contributed by atoms with Crippen LogP contribution in [0.25, 0.3) is 0 Å². The summed E-state index contributed by atoms with van der Waals surface area (Å²) in [6.07, 6.45) is 1.77. The molecule has 0 radical (unpaired) electrons. The first kappa shape index (κ1) is 16.0. The lowest BCUT2D eigenvalue weighted by Crippen LogP contribution is -2.06. The Morgan fingerprint density at radius 3 is 1.83 bits per heavy atom. The van der Waals surface area contributed by atoms with Gasteiger partial charge in [0, 0.05) is 19.3 Å². The number of anilines is 2. The summed E-state index contributed by atoms with van der Waals surface area (Å²) in [5.74, 6) is 1.45. The fourth-order valence-electron chi connectivity index (χ4n) is 2.33. The van der Waals surface area contributed by atoms with Crippen LogP contribution in [0.1, 0.15) is 22.3 Å². The van der Waals surface area contributed by atoms with Crippen LogP contribution >= 0.6 is 0 Å². The molecule has 4 nitrogen and oxygen atoms in total. The molecule has 1 aromatic heterocycles. The Balaban J connectivity index is 1.57. The quantitative estimate of drug-likeness (QED) is 0.711. The van der Waals surface area contributed by atoms with Crippen molar-refractivity contribution < 1.29 is 0 Å². The summed E-state index contributed by atoms with van der Waals surface area (Å²) in [5.41, 5.74) is 4.97. The van der Waals surface area contributed by atoms with Gasteiger partial charge in [-0.25, -0.2) is 4.98 Å². The number of aromatic nitrogens is 2. The van der Waals surface area contributed by atoms with Gasteiger partial charge >= 0.3 is 0 Å². The minimum absolute atomic E-state index is 0.629. The number of rotatable bonds is 6. The van der Waals surface area contributed by atoms with Gasteiger partial charge in [0.15, 0.2) is 0 Å². The molecular weight excluding hydrogens is 296 g/mol. The van der Waals surface area contributed by atoms with Gasteiger partial charge in [-0.1, -0.05) is 59.7 Å². The number of nitrogens with one attached hydrogen (secondary N) is 2. The molecule has 0 spiro atoms. The standard InChI is InChI=1S/C20H22N4/c1-15-3-7-17(8-4-15)13-22-19-11-12-21-20(24-19)23-14-18-9-5-16(2)6-10-18/h3-12H,13-14H2,1-2H3,(H2,21,22,23,24). The van der Waals surface area contributed by atoms with Crippen LogP contribution in [0.2, 0.25) is 0 Å². The predicted molar refractivity (Wildman–Crippen MR) is 99.0 cm³/mol. The fourth-order valence-corrected chi connectivity index (χ4v) is 2.33. The molecule has 0 unspecified atom stereocenters. The molecule has 0 amide bonds. The molecular formula is C20H22N4. The van der Waals surface area contributed by atoms with Gasteiger partial charge in [0.05, 0.1) is 0 Å². The summed E-state index contributed by atoms with van der Waals surface area (Å²) in [5, 5.41) is 6.60. The Labute approximate surface area is 143 Å². The Bertz CT molecular complexity index is 715. The number of hydrogen-bond donors (Lipinski definition) is 2. The average molecular weight is 318 g/mol. The van der Waals surface area contributed by atoms with E-state index in [2.05, 4.69) is 83.0 Å². The molecule has 2 aromatic carbocycles. The monoisotopic (exact) mass is 318 g/mol. The van der Waals surface area contributed by atoms with E-state index in [4.69, 9.17) is 0 Å². The molecule has 0 atom stereocenters. The minimum Gasteiger partial charge on any atom is -0.366 e. The molecule has 2 N–H and O–H groups in total. The molecule has 0 fully saturated rings. The minimum atomic E-state index is 0.629. The smallest absolute Gasteiger partial charge is 0.224 e. The van der Waals surface area contributed by atoms with Crippen molar-refractivity contribution in [2.75, 3.05) is 10.6 Å². The summed E-state index contributed by atoms with van der Waals surface area (Å²) < 4.78 is 0. The first-order valence-corrected chi connectivity index (χ1v) is 8.11. The molecule has 24 heavy (non-hydrogen) atoms. The molecule has 0 saturated carbocycles. The summed E-state index contributed by atoms with van der Waals surface area (Å²) in [6, 6.07) is 18.8. The predicted octanol–water partition coefficient (Wildman–Crippen LogP) is 4.32. The van der Waals surface area contributed by atoms with Gasteiger partial charge in [-0.05, 0) is 31.0 Å². The second kappa shape index (κ2) is 7.59. The first-order valence-electron chi connectivity index (χ1n) is 8.11.